The van der Waals surface area contributed by atoms with Crippen LogP contribution in [0.5, 0.6) is 5.75 Å². The maximum absolute atomic E-state index is 14.0. The standard InChI is InChI=1S/C13H10F7NO2/c14-8-6-5(23-4-1-12(16,17)2-4)3-21-11(13(18,19)20)7(6)10(22)9(8)15/h3-4,8-10,22H,1-2H2. The van der Waals surface area contributed by atoms with Gasteiger partial charge < -0.3 is 9.84 Å². The molecular weight excluding hydrogens is 335 g/mol. The van der Waals surface area contributed by atoms with Crippen molar-refractivity contribution in [3.63, 3.8) is 0 Å². The summed E-state index contributed by atoms with van der Waals surface area (Å²) in [4.78, 5) is 3.06. The average molecular weight is 345 g/mol. The van der Waals surface area contributed by atoms with Gasteiger partial charge in [0.15, 0.2) is 18.0 Å². The lowest BCUT2D eigenvalue weighted by Gasteiger charge is -2.35. The van der Waals surface area contributed by atoms with Gasteiger partial charge in [-0.3, -0.25) is 0 Å². The summed E-state index contributed by atoms with van der Waals surface area (Å²) in [5, 5.41) is 9.55. The van der Waals surface area contributed by atoms with Gasteiger partial charge in [-0.15, -0.1) is 0 Å². The maximum atomic E-state index is 14.0. The summed E-state index contributed by atoms with van der Waals surface area (Å²) >= 11 is 0. The van der Waals surface area contributed by atoms with Gasteiger partial charge in [-0.25, -0.2) is 22.5 Å². The fourth-order valence-corrected chi connectivity index (χ4v) is 2.77. The number of aliphatic hydroxyl groups is 1. The number of aliphatic hydroxyl groups excluding tert-OH is 1. The van der Waals surface area contributed by atoms with E-state index in [1.54, 1.807) is 0 Å². The first-order chi connectivity index (χ1) is 10.5. The molecular formula is C13H10F7NO2. The molecule has 1 fully saturated rings. The molecule has 0 bridgehead atoms. The third-order valence-electron chi connectivity index (χ3n) is 3.89. The topological polar surface area (TPSA) is 42.4 Å². The summed E-state index contributed by atoms with van der Waals surface area (Å²) < 4.78 is 96.8. The minimum absolute atomic E-state index is 0.523. The van der Waals surface area contributed by atoms with Gasteiger partial charge in [0.1, 0.15) is 18.0 Å². The second-order valence-electron chi connectivity index (χ2n) is 5.59. The molecule has 3 unspecified atom stereocenters. The highest BCUT2D eigenvalue weighted by atomic mass is 19.4. The maximum Gasteiger partial charge on any atom is 0.433 e. The highest BCUT2D eigenvalue weighted by Gasteiger charge is 2.51. The fraction of sp³-hybridized carbons (Fsp3) is 0.615. The van der Waals surface area contributed by atoms with Crippen molar-refractivity contribution < 1.29 is 40.6 Å². The van der Waals surface area contributed by atoms with E-state index in [9.17, 15) is 35.8 Å². The molecule has 128 valence electrons. The van der Waals surface area contributed by atoms with Gasteiger partial charge in [-0.1, -0.05) is 0 Å². The van der Waals surface area contributed by atoms with Crippen molar-refractivity contribution >= 4 is 0 Å². The Morgan fingerprint density at radius 3 is 2.30 bits per heavy atom. The van der Waals surface area contributed by atoms with Crippen LogP contribution >= 0.6 is 0 Å². The molecule has 1 aromatic rings. The van der Waals surface area contributed by atoms with Gasteiger partial charge in [-0.2, -0.15) is 13.2 Å². The van der Waals surface area contributed by atoms with Crippen LogP contribution in [0.4, 0.5) is 30.7 Å². The minimum atomic E-state index is -5.03. The number of hydrogen-bond donors (Lipinski definition) is 1. The lowest BCUT2D eigenvalue weighted by Crippen LogP contribution is -2.43. The van der Waals surface area contributed by atoms with Crippen LogP contribution in [0, 0.1) is 0 Å². The molecule has 0 saturated heterocycles. The zero-order valence-corrected chi connectivity index (χ0v) is 11.2. The number of rotatable bonds is 2. The predicted molar refractivity (Wildman–Crippen MR) is 61.5 cm³/mol. The largest absolute Gasteiger partial charge is 0.488 e. The Bertz CT molecular complexity index is 625. The molecule has 1 aromatic heterocycles. The minimum Gasteiger partial charge on any atom is -0.488 e. The van der Waals surface area contributed by atoms with Crippen LogP contribution in [-0.2, 0) is 6.18 Å². The number of aromatic nitrogens is 1. The summed E-state index contributed by atoms with van der Waals surface area (Å²) in [6.45, 7) is 0. The normalized spacial score (nSPS) is 30.0. The SMILES string of the molecule is OC1c2c(C(F)(F)F)ncc(OC3CC(F)(F)C3)c2C(F)C1F. The van der Waals surface area contributed by atoms with Crippen LogP contribution in [0.15, 0.2) is 6.20 Å². The first-order valence-electron chi connectivity index (χ1n) is 6.62. The second-order valence-corrected chi connectivity index (χ2v) is 5.59. The molecule has 0 aromatic carbocycles. The molecule has 0 amide bonds. The number of nitrogens with zero attached hydrogens (tertiary/aromatic N) is 1. The lowest BCUT2D eigenvalue weighted by atomic mass is 9.91. The van der Waals surface area contributed by atoms with Crippen LogP contribution in [0.2, 0.25) is 0 Å². The molecule has 0 radical (unpaired) electrons. The monoisotopic (exact) mass is 345 g/mol. The van der Waals surface area contributed by atoms with E-state index < -0.39 is 72.1 Å². The Balaban J connectivity index is 2.00. The van der Waals surface area contributed by atoms with Crippen molar-refractivity contribution in [1.82, 2.24) is 4.98 Å². The van der Waals surface area contributed by atoms with E-state index >= 15 is 0 Å². The molecule has 23 heavy (non-hydrogen) atoms. The van der Waals surface area contributed by atoms with Crippen LogP contribution in [0.25, 0.3) is 0 Å². The zero-order chi connectivity index (χ0) is 17.2. The van der Waals surface area contributed by atoms with Crippen molar-refractivity contribution in [1.29, 1.82) is 0 Å². The van der Waals surface area contributed by atoms with Crippen molar-refractivity contribution in [2.45, 2.75) is 49.5 Å². The van der Waals surface area contributed by atoms with E-state index in [1.165, 1.54) is 0 Å². The van der Waals surface area contributed by atoms with Crippen molar-refractivity contribution in [3.8, 4) is 5.75 Å². The summed E-state index contributed by atoms with van der Waals surface area (Å²) in [6.07, 6.45) is -14.4. The number of fused-ring (bicyclic) bond motifs is 1. The molecule has 0 aliphatic heterocycles. The average Bonchev–Trinajstić information content (AvgIpc) is 2.61. The predicted octanol–water partition coefficient (Wildman–Crippen LogP) is 3.67. The van der Waals surface area contributed by atoms with Crippen LogP contribution in [0.3, 0.4) is 0 Å². The van der Waals surface area contributed by atoms with Crippen LogP contribution < -0.4 is 4.74 Å². The van der Waals surface area contributed by atoms with E-state index in [0.29, 0.717) is 6.20 Å². The van der Waals surface area contributed by atoms with Gasteiger partial charge in [0.05, 0.1) is 6.20 Å². The summed E-state index contributed by atoms with van der Waals surface area (Å²) in [6, 6.07) is 0. The smallest absolute Gasteiger partial charge is 0.433 e. The first-order valence-corrected chi connectivity index (χ1v) is 6.62. The van der Waals surface area contributed by atoms with Gasteiger partial charge in [0.25, 0.3) is 5.92 Å². The van der Waals surface area contributed by atoms with Gasteiger partial charge in [0, 0.05) is 24.0 Å². The van der Waals surface area contributed by atoms with E-state index in [4.69, 9.17) is 4.74 Å². The second kappa shape index (κ2) is 4.96. The Kier molecular flexibility index (Phi) is 3.51. The van der Waals surface area contributed by atoms with Crippen LogP contribution in [0.1, 0.15) is 41.9 Å². The molecule has 3 nitrogen and oxygen atoms in total. The van der Waals surface area contributed by atoms with Crippen molar-refractivity contribution in [3.05, 3.63) is 23.0 Å². The molecule has 3 atom stereocenters. The van der Waals surface area contributed by atoms with Gasteiger partial charge >= 0.3 is 6.18 Å². The first kappa shape index (κ1) is 16.3. The van der Waals surface area contributed by atoms with Gasteiger partial charge in [0.2, 0.25) is 0 Å². The Hall–Kier alpha value is -1.58. The molecule has 3 rings (SSSR count). The number of alkyl halides is 7. The molecule has 0 spiro atoms. The third-order valence-corrected chi connectivity index (χ3v) is 3.89. The number of pyridine rings is 1. The molecule has 1 heterocycles. The molecule has 1 saturated carbocycles. The van der Waals surface area contributed by atoms with Crippen molar-refractivity contribution in [2.24, 2.45) is 0 Å². The van der Waals surface area contributed by atoms with Crippen molar-refractivity contribution in [2.75, 3.05) is 0 Å². The number of ether oxygens (including phenoxy) is 1. The van der Waals surface area contributed by atoms with Gasteiger partial charge in [-0.05, 0) is 0 Å². The number of hydrogen-bond acceptors (Lipinski definition) is 3. The Labute approximate surface area is 125 Å². The quantitative estimate of drug-likeness (QED) is 0.832. The van der Waals surface area contributed by atoms with E-state index in [2.05, 4.69) is 4.98 Å². The summed E-state index contributed by atoms with van der Waals surface area (Å²) in [7, 11) is 0. The molecule has 1 N–H and O–H groups in total. The summed E-state index contributed by atoms with van der Waals surface area (Å²) in [5.41, 5.74) is -3.47. The number of halogens is 7. The summed E-state index contributed by atoms with van der Waals surface area (Å²) in [5.74, 6) is -3.51. The Morgan fingerprint density at radius 1 is 1.17 bits per heavy atom. The molecule has 2 aliphatic carbocycles. The van der Waals surface area contributed by atoms with E-state index in [1.807, 2.05) is 0 Å². The zero-order valence-electron chi connectivity index (χ0n) is 11.2. The fourth-order valence-electron chi connectivity index (χ4n) is 2.77. The molecule has 10 heteroatoms. The molecule has 2 aliphatic rings. The lowest BCUT2D eigenvalue weighted by molar-refractivity contribution is -0.143. The van der Waals surface area contributed by atoms with E-state index in [0.717, 1.165) is 0 Å². The highest BCUT2D eigenvalue weighted by Crippen LogP contribution is 2.52. The van der Waals surface area contributed by atoms with Crippen LogP contribution in [-0.4, -0.2) is 28.3 Å². The highest BCUT2D eigenvalue weighted by molar-refractivity contribution is 5.49. The van der Waals surface area contributed by atoms with E-state index in [-0.39, 0.29) is 0 Å². The Morgan fingerprint density at radius 2 is 1.78 bits per heavy atom. The third kappa shape index (κ3) is 2.62.